The van der Waals surface area contributed by atoms with E-state index in [9.17, 15) is 27.2 Å². The lowest BCUT2D eigenvalue weighted by Gasteiger charge is -2.11. The van der Waals surface area contributed by atoms with Gasteiger partial charge in [-0.05, 0) is 6.07 Å². The number of hydrogen-bond donors (Lipinski definition) is 1. The number of halogens is 4. The quantitative estimate of drug-likeness (QED) is 0.667. The Morgan fingerprint density at radius 3 is 2.50 bits per heavy atom. The summed E-state index contributed by atoms with van der Waals surface area (Å²) in [6, 6.07) is 0.717. The van der Waals surface area contributed by atoms with Gasteiger partial charge >= 0.3 is 12.3 Å². The van der Waals surface area contributed by atoms with Gasteiger partial charge in [0.1, 0.15) is 12.4 Å². The molecule has 1 heterocycles. The first kappa shape index (κ1) is 14.0. The summed E-state index contributed by atoms with van der Waals surface area (Å²) >= 11 is 0. The van der Waals surface area contributed by atoms with Crippen LogP contribution < -0.4 is 10.3 Å². The van der Waals surface area contributed by atoms with Crippen LogP contribution in [0.1, 0.15) is 16.1 Å². The van der Waals surface area contributed by atoms with E-state index in [1.807, 2.05) is 0 Å². The van der Waals surface area contributed by atoms with Gasteiger partial charge in [0.15, 0.2) is 5.75 Å². The fourth-order valence-corrected chi connectivity index (χ4v) is 1.15. The minimum Gasteiger partial charge on any atom is -0.464 e. The predicted octanol–water partition coefficient (Wildman–Crippen LogP) is 1.53. The Labute approximate surface area is 97.3 Å². The highest BCUT2D eigenvalue weighted by atomic mass is 19.4. The third kappa shape index (κ3) is 3.22. The summed E-state index contributed by atoms with van der Waals surface area (Å²) in [5.74, 6) is -2.25. The van der Waals surface area contributed by atoms with E-state index < -0.39 is 41.6 Å². The average Bonchev–Trinajstić information content (AvgIpc) is 2.28. The van der Waals surface area contributed by atoms with E-state index in [0.717, 1.165) is 7.11 Å². The molecule has 0 saturated carbocycles. The third-order valence-electron chi connectivity index (χ3n) is 1.83. The van der Waals surface area contributed by atoms with Crippen LogP contribution in [0.25, 0.3) is 0 Å². The van der Waals surface area contributed by atoms with Gasteiger partial charge in [-0.1, -0.05) is 0 Å². The summed E-state index contributed by atoms with van der Waals surface area (Å²) in [6.45, 7) is -1.40. The van der Waals surface area contributed by atoms with Crippen LogP contribution in [0.3, 0.4) is 0 Å². The normalized spacial score (nSPS) is 11.2. The zero-order valence-electron chi connectivity index (χ0n) is 8.93. The summed E-state index contributed by atoms with van der Waals surface area (Å²) in [6.07, 6.45) is -5.14. The number of carbonyl (C=O) groups excluding carboxylic acids is 1. The maximum absolute atomic E-state index is 12.5. The monoisotopic (exact) mass is 269 g/mol. The molecule has 0 unspecified atom stereocenters. The smallest absolute Gasteiger partial charge is 0.464 e. The summed E-state index contributed by atoms with van der Waals surface area (Å²) in [5, 5.41) is 0. The van der Waals surface area contributed by atoms with Crippen molar-refractivity contribution in [3.8, 4) is 5.75 Å². The minimum atomic E-state index is -5.14. The van der Waals surface area contributed by atoms with Crippen molar-refractivity contribution >= 4 is 5.97 Å². The van der Waals surface area contributed by atoms with E-state index in [-0.39, 0.29) is 0 Å². The molecular weight excluding hydrogens is 262 g/mol. The molecule has 0 radical (unpaired) electrons. The van der Waals surface area contributed by atoms with Crippen LogP contribution in [0.5, 0.6) is 5.75 Å². The van der Waals surface area contributed by atoms with Crippen molar-refractivity contribution in [2.45, 2.75) is 13.0 Å². The second-order valence-electron chi connectivity index (χ2n) is 3.04. The van der Waals surface area contributed by atoms with Gasteiger partial charge in [0, 0.05) is 5.56 Å². The van der Waals surface area contributed by atoms with E-state index in [1.165, 1.54) is 0 Å². The number of methoxy groups -OCH3 is 1. The Morgan fingerprint density at radius 1 is 1.44 bits per heavy atom. The zero-order valence-corrected chi connectivity index (χ0v) is 8.93. The maximum atomic E-state index is 12.5. The van der Waals surface area contributed by atoms with Crippen LogP contribution in [0, 0.1) is 0 Å². The second-order valence-corrected chi connectivity index (χ2v) is 3.04. The number of hydrogen-bond acceptors (Lipinski definition) is 4. The van der Waals surface area contributed by atoms with Gasteiger partial charge < -0.3 is 14.5 Å². The van der Waals surface area contributed by atoms with Crippen LogP contribution in [-0.2, 0) is 11.4 Å². The number of aromatic nitrogens is 1. The molecule has 18 heavy (non-hydrogen) atoms. The molecule has 100 valence electrons. The van der Waals surface area contributed by atoms with Crippen molar-refractivity contribution in [2.75, 3.05) is 7.11 Å². The van der Waals surface area contributed by atoms with E-state index in [4.69, 9.17) is 0 Å². The van der Waals surface area contributed by atoms with E-state index in [2.05, 4.69) is 9.47 Å². The van der Waals surface area contributed by atoms with Gasteiger partial charge in [-0.3, -0.25) is 4.79 Å². The van der Waals surface area contributed by atoms with Crippen LogP contribution in [0.2, 0.25) is 0 Å². The number of pyridine rings is 1. The Hall–Kier alpha value is -2.06. The van der Waals surface area contributed by atoms with Crippen LogP contribution in [0.4, 0.5) is 17.6 Å². The molecule has 1 aromatic heterocycles. The van der Waals surface area contributed by atoms with Gasteiger partial charge in [0.05, 0.1) is 7.11 Å². The maximum Gasteiger partial charge on any atom is 0.573 e. The first-order chi connectivity index (χ1) is 8.28. The molecule has 0 saturated heterocycles. The topological polar surface area (TPSA) is 68.4 Å². The summed E-state index contributed by atoms with van der Waals surface area (Å²) in [7, 11) is 0.996. The van der Waals surface area contributed by atoms with Crippen molar-refractivity contribution in [2.24, 2.45) is 0 Å². The Bertz CT molecular complexity index is 508. The molecule has 1 rings (SSSR count). The van der Waals surface area contributed by atoms with E-state index in [0.29, 0.717) is 6.07 Å². The number of nitrogens with one attached hydrogen (secondary N) is 1. The number of carbonyl (C=O) groups is 1. The van der Waals surface area contributed by atoms with Crippen molar-refractivity contribution in [1.29, 1.82) is 0 Å². The average molecular weight is 269 g/mol. The summed E-state index contributed by atoms with van der Waals surface area (Å²) in [4.78, 5) is 24.1. The van der Waals surface area contributed by atoms with Crippen molar-refractivity contribution in [3.05, 3.63) is 27.7 Å². The largest absolute Gasteiger partial charge is 0.573 e. The van der Waals surface area contributed by atoms with Gasteiger partial charge in [0.25, 0.3) is 5.56 Å². The molecule has 0 aliphatic rings. The molecule has 9 heteroatoms. The van der Waals surface area contributed by atoms with Crippen LogP contribution in [-0.4, -0.2) is 24.4 Å². The van der Waals surface area contributed by atoms with Gasteiger partial charge in [0.2, 0.25) is 0 Å². The molecule has 0 aromatic carbocycles. The molecular formula is C9H7F4NO4. The van der Waals surface area contributed by atoms with E-state index >= 15 is 0 Å². The third-order valence-corrected chi connectivity index (χ3v) is 1.83. The first-order valence-electron chi connectivity index (χ1n) is 4.44. The SMILES string of the molecule is COC(=O)c1cc(CF)c(OC(F)(F)F)c(=O)[nH]1. The molecule has 0 amide bonds. The van der Waals surface area contributed by atoms with E-state index in [1.54, 1.807) is 4.98 Å². The molecule has 0 spiro atoms. The Kier molecular flexibility index (Phi) is 3.94. The number of rotatable bonds is 3. The highest BCUT2D eigenvalue weighted by Crippen LogP contribution is 2.24. The lowest BCUT2D eigenvalue weighted by atomic mass is 10.2. The molecule has 1 aromatic rings. The van der Waals surface area contributed by atoms with Gasteiger partial charge in [-0.15, -0.1) is 13.2 Å². The molecule has 5 nitrogen and oxygen atoms in total. The minimum absolute atomic E-state index is 0.468. The fourth-order valence-electron chi connectivity index (χ4n) is 1.15. The number of aromatic amines is 1. The van der Waals surface area contributed by atoms with Crippen LogP contribution in [0.15, 0.2) is 10.9 Å². The molecule has 0 aliphatic heterocycles. The zero-order chi connectivity index (χ0) is 13.9. The predicted molar refractivity (Wildman–Crippen MR) is 49.9 cm³/mol. The van der Waals surface area contributed by atoms with Crippen molar-refractivity contribution in [1.82, 2.24) is 4.98 Å². The lowest BCUT2D eigenvalue weighted by Crippen LogP contribution is -2.25. The number of alkyl halides is 4. The molecule has 0 bridgehead atoms. The summed E-state index contributed by atoms with van der Waals surface area (Å²) in [5.41, 5.74) is -2.54. The molecule has 1 N–H and O–H groups in total. The molecule has 0 aliphatic carbocycles. The molecule has 0 atom stereocenters. The highest BCUT2D eigenvalue weighted by molar-refractivity contribution is 5.87. The second kappa shape index (κ2) is 5.07. The van der Waals surface area contributed by atoms with Gasteiger partial charge in [-0.2, -0.15) is 0 Å². The fraction of sp³-hybridized carbons (Fsp3) is 0.333. The number of esters is 1. The standard InChI is InChI=1S/C9H7F4NO4/c1-17-8(16)5-2-4(3-10)6(7(15)14-5)18-9(11,12)13/h2H,3H2,1H3,(H,14,15). The number of ether oxygens (including phenoxy) is 2. The number of H-pyrrole nitrogens is 1. The van der Waals surface area contributed by atoms with Crippen molar-refractivity contribution in [3.63, 3.8) is 0 Å². The van der Waals surface area contributed by atoms with Crippen molar-refractivity contribution < 1.29 is 31.8 Å². The Morgan fingerprint density at radius 2 is 2.06 bits per heavy atom. The lowest BCUT2D eigenvalue weighted by molar-refractivity contribution is -0.275. The highest BCUT2D eigenvalue weighted by Gasteiger charge is 2.34. The van der Waals surface area contributed by atoms with Crippen LogP contribution >= 0.6 is 0 Å². The molecule has 0 fully saturated rings. The van der Waals surface area contributed by atoms with Gasteiger partial charge in [-0.25, -0.2) is 9.18 Å². The Balaban J connectivity index is 3.29. The first-order valence-corrected chi connectivity index (χ1v) is 4.44. The summed E-state index contributed by atoms with van der Waals surface area (Å²) < 4.78 is 56.1.